The van der Waals surface area contributed by atoms with E-state index in [1.807, 2.05) is 6.92 Å². The van der Waals surface area contributed by atoms with Crippen LogP contribution in [0.1, 0.15) is 32.6 Å². The van der Waals surface area contributed by atoms with Crippen LogP contribution in [-0.2, 0) is 0 Å². The summed E-state index contributed by atoms with van der Waals surface area (Å²) >= 11 is 0. The largest absolute Gasteiger partial charge is 0.388 e. The Balaban J connectivity index is 2.56. The molecule has 0 heterocycles. The zero-order valence-corrected chi connectivity index (χ0v) is 8.11. The molecule has 1 aliphatic rings. The molecular weight excluding hydrogens is 176 g/mol. The molecule has 1 aliphatic carbocycles. The van der Waals surface area contributed by atoms with E-state index in [0.717, 1.165) is 0 Å². The monoisotopic (exact) mass is 193 g/mol. The lowest BCUT2D eigenvalue weighted by molar-refractivity contribution is -0.113. The van der Waals surface area contributed by atoms with Crippen LogP contribution in [0.4, 0.5) is 8.78 Å². The molecule has 2 nitrogen and oxygen atoms in total. The van der Waals surface area contributed by atoms with Gasteiger partial charge in [-0.2, -0.15) is 0 Å². The Kier molecular flexibility index (Phi) is 2.92. The van der Waals surface area contributed by atoms with E-state index >= 15 is 0 Å². The normalized spacial score (nSPS) is 28.4. The molecule has 4 heteroatoms. The summed E-state index contributed by atoms with van der Waals surface area (Å²) in [4.78, 5) is 0. The van der Waals surface area contributed by atoms with Gasteiger partial charge < -0.3 is 10.4 Å². The van der Waals surface area contributed by atoms with Crippen molar-refractivity contribution in [1.82, 2.24) is 5.32 Å². The van der Waals surface area contributed by atoms with Gasteiger partial charge in [-0.25, -0.2) is 8.78 Å². The van der Waals surface area contributed by atoms with Gasteiger partial charge in [0.1, 0.15) is 0 Å². The minimum atomic E-state index is -2.57. The van der Waals surface area contributed by atoms with Crippen LogP contribution in [0, 0.1) is 0 Å². The molecule has 0 aromatic heterocycles. The van der Waals surface area contributed by atoms with Crippen LogP contribution in [0.3, 0.4) is 0 Å². The maximum atomic E-state index is 12.8. The fraction of sp³-hybridized carbons (Fsp3) is 1.00. The topological polar surface area (TPSA) is 32.3 Å². The van der Waals surface area contributed by atoms with Crippen molar-refractivity contribution < 1.29 is 13.9 Å². The second-order valence-corrected chi connectivity index (χ2v) is 3.97. The van der Waals surface area contributed by atoms with E-state index in [1.54, 1.807) is 7.05 Å². The fourth-order valence-electron chi connectivity index (χ4n) is 1.75. The molecule has 0 bridgehead atoms. The summed E-state index contributed by atoms with van der Waals surface area (Å²) in [5, 5.41) is 12.9. The molecule has 0 saturated heterocycles. The summed E-state index contributed by atoms with van der Waals surface area (Å²) in [5.41, 5.74) is -0.948. The summed E-state index contributed by atoms with van der Waals surface area (Å²) in [6.07, 6.45) is -0.0327. The Morgan fingerprint density at radius 3 is 2.08 bits per heavy atom. The Labute approximate surface area is 77.3 Å². The number of hydrogen-bond acceptors (Lipinski definition) is 2. The first-order valence-corrected chi connectivity index (χ1v) is 4.67. The van der Waals surface area contributed by atoms with Gasteiger partial charge in [-0.3, -0.25) is 0 Å². The molecule has 1 fully saturated rings. The van der Waals surface area contributed by atoms with Crippen LogP contribution in [-0.4, -0.2) is 29.7 Å². The number of hydrogen-bond donors (Lipinski definition) is 2. The Morgan fingerprint density at radius 1 is 1.23 bits per heavy atom. The highest BCUT2D eigenvalue weighted by molar-refractivity contribution is 4.94. The van der Waals surface area contributed by atoms with Crippen LogP contribution in [0.5, 0.6) is 0 Å². The molecule has 0 aromatic carbocycles. The van der Waals surface area contributed by atoms with Gasteiger partial charge in [0.25, 0.3) is 0 Å². The standard InChI is InChI=1S/C9H17F2NO/c1-7(12-2)8(13)3-5-9(10,11)6-4-8/h7,12-13H,3-6H2,1-2H3. The van der Waals surface area contributed by atoms with Gasteiger partial charge in [0.2, 0.25) is 5.92 Å². The van der Waals surface area contributed by atoms with E-state index in [0.29, 0.717) is 0 Å². The van der Waals surface area contributed by atoms with E-state index in [-0.39, 0.29) is 31.7 Å². The van der Waals surface area contributed by atoms with Gasteiger partial charge in [0.15, 0.2) is 0 Å². The Hall–Kier alpha value is -0.220. The highest BCUT2D eigenvalue weighted by Gasteiger charge is 2.44. The highest BCUT2D eigenvalue weighted by atomic mass is 19.3. The van der Waals surface area contributed by atoms with Crippen LogP contribution >= 0.6 is 0 Å². The highest BCUT2D eigenvalue weighted by Crippen LogP contribution is 2.39. The number of nitrogens with one attached hydrogen (secondary N) is 1. The minimum Gasteiger partial charge on any atom is -0.388 e. The Bertz CT molecular complexity index is 174. The van der Waals surface area contributed by atoms with E-state index < -0.39 is 11.5 Å². The molecule has 1 atom stereocenters. The van der Waals surface area contributed by atoms with Crippen molar-refractivity contribution in [2.75, 3.05) is 7.05 Å². The number of likely N-dealkylation sites (N-methyl/N-ethyl adjacent to an activating group) is 1. The van der Waals surface area contributed by atoms with Crippen molar-refractivity contribution in [1.29, 1.82) is 0 Å². The first kappa shape index (κ1) is 10.9. The average Bonchev–Trinajstić information content (AvgIpc) is 2.09. The third-order valence-corrected chi connectivity index (χ3v) is 3.09. The molecule has 78 valence electrons. The van der Waals surface area contributed by atoms with E-state index in [2.05, 4.69) is 5.32 Å². The molecule has 1 rings (SSSR count). The number of aliphatic hydroxyl groups is 1. The number of rotatable bonds is 2. The van der Waals surface area contributed by atoms with Crippen molar-refractivity contribution >= 4 is 0 Å². The second-order valence-electron chi connectivity index (χ2n) is 3.97. The van der Waals surface area contributed by atoms with Crippen LogP contribution < -0.4 is 5.32 Å². The molecule has 1 saturated carbocycles. The molecule has 2 N–H and O–H groups in total. The predicted octanol–water partition coefficient (Wildman–Crippen LogP) is 1.53. The first-order valence-electron chi connectivity index (χ1n) is 4.67. The summed E-state index contributed by atoms with van der Waals surface area (Å²) in [7, 11) is 1.73. The molecular formula is C9H17F2NO. The molecule has 0 amide bonds. The Morgan fingerprint density at radius 2 is 1.69 bits per heavy atom. The third-order valence-electron chi connectivity index (χ3n) is 3.09. The average molecular weight is 193 g/mol. The smallest absolute Gasteiger partial charge is 0.248 e. The fourth-order valence-corrected chi connectivity index (χ4v) is 1.75. The molecule has 0 aromatic rings. The van der Waals surface area contributed by atoms with Gasteiger partial charge >= 0.3 is 0 Å². The molecule has 0 spiro atoms. The zero-order chi connectivity index (χ0) is 10.1. The van der Waals surface area contributed by atoms with Gasteiger partial charge in [-0.15, -0.1) is 0 Å². The van der Waals surface area contributed by atoms with Gasteiger partial charge in [0, 0.05) is 18.9 Å². The van der Waals surface area contributed by atoms with Crippen molar-refractivity contribution in [3.05, 3.63) is 0 Å². The van der Waals surface area contributed by atoms with Crippen molar-refractivity contribution in [3.63, 3.8) is 0 Å². The molecule has 1 unspecified atom stereocenters. The summed E-state index contributed by atoms with van der Waals surface area (Å²) in [6.45, 7) is 1.82. The van der Waals surface area contributed by atoms with E-state index in [1.165, 1.54) is 0 Å². The first-order chi connectivity index (χ1) is 5.90. The van der Waals surface area contributed by atoms with Crippen LogP contribution in [0.25, 0.3) is 0 Å². The minimum absolute atomic E-state index is 0.122. The number of halogens is 2. The lowest BCUT2D eigenvalue weighted by atomic mass is 9.78. The van der Waals surface area contributed by atoms with Gasteiger partial charge in [-0.05, 0) is 26.8 Å². The summed E-state index contributed by atoms with van der Waals surface area (Å²) in [6, 6.07) is -0.122. The SMILES string of the molecule is CNC(C)C1(O)CCC(F)(F)CC1. The van der Waals surface area contributed by atoms with Crippen molar-refractivity contribution in [2.45, 2.75) is 50.2 Å². The molecule has 0 aliphatic heterocycles. The maximum absolute atomic E-state index is 12.8. The van der Waals surface area contributed by atoms with Gasteiger partial charge in [-0.1, -0.05) is 0 Å². The van der Waals surface area contributed by atoms with Gasteiger partial charge in [0.05, 0.1) is 5.60 Å². The van der Waals surface area contributed by atoms with E-state index in [9.17, 15) is 13.9 Å². The van der Waals surface area contributed by atoms with Crippen LogP contribution in [0.2, 0.25) is 0 Å². The predicted molar refractivity (Wildman–Crippen MR) is 46.9 cm³/mol. The van der Waals surface area contributed by atoms with E-state index in [4.69, 9.17) is 0 Å². The quantitative estimate of drug-likeness (QED) is 0.697. The second kappa shape index (κ2) is 3.50. The zero-order valence-electron chi connectivity index (χ0n) is 8.11. The molecule has 0 radical (unpaired) electrons. The lowest BCUT2D eigenvalue weighted by Crippen LogP contribution is -2.51. The lowest BCUT2D eigenvalue weighted by Gasteiger charge is -2.39. The summed E-state index contributed by atoms with van der Waals surface area (Å²) < 4.78 is 25.6. The maximum Gasteiger partial charge on any atom is 0.248 e. The summed E-state index contributed by atoms with van der Waals surface area (Å²) in [5.74, 6) is -2.57. The number of alkyl halides is 2. The third kappa shape index (κ3) is 2.38. The van der Waals surface area contributed by atoms with Crippen molar-refractivity contribution in [2.24, 2.45) is 0 Å². The van der Waals surface area contributed by atoms with Crippen LogP contribution in [0.15, 0.2) is 0 Å². The van der Waals surface area contributed by atoms with Crippen molar-refractivity contribution in [3.8, 4) is 0 Å². The molecule has 13 heavy (non-hydrogen) atoms.